The summed E-state index contributed by atoms with van der Waals surface area (Å²) in [6.07, 6.45) is 7.84. The van der Waals surface area contributed by atoms with Crippen LogP contribution in [-0.2, 0) is 11.3 Å². The Morgan fingerprint density at radius 2 is 1.76 bits per heavy atom. The minimum absolute atomic E-state index is 0.0671. The first-order valence-corrected chi connectivity index (χ1v) is 11.4. The maximum absolute atomic E-state index is 13.0. The number of hydrogen-bond donors (Lipinski definition) is 1. The molecule has 0 spiro atoms. The molecule has 0 aliphatic carbocycles. The van der Waals surface area contributed by atoms with Gasteiger partial charge in [0.25, 0.3) is 0 Å². The fourth-order valence-corrected chi connectivity index (χ4v) is 4.14. The van der Waals surface area contributed by atoms with Crippen molar-refractivity contribution in [1.82, 2.24) is 20.2 Å². The van der Waals surface area contributed by atoms with Crippen LogP contribution in [0.4, 0.5) is 0 Å². The highest BCUT2D eigenvalue weighted by Gasteiger charge is 2.32. The van der Waals surface area contributed by atoms with Crippen molar-refractivity contribution >= 4 is 5.91 Å². The molecule has 0 saturated carbocycles. The molecule has 7 heteroatoms. The summed E-state index contributed by atoms with van der Waals surface area (Å²) in [7, 11) is 0. The van der Waals surface area contributed by atoms with Gasteiger partial charge < -0.3 is 14.8 Å². The molecule has 4 rings (SSSR count). The first-order chi connectivity index (χ1) is 16.3. The molecule has 0 bridgehead atoms. The maximum atomic E-state index is 13.0. The van der Waals surface area contributed by atoms with Crippen molar-refractivity contribution in [3.05, 3.63) is 84.9 Å². The van der Waals surface area contributed by atoms with E-state index in [0.717, 1.165) is 37.6 Å². The molecule has 172 valence electrons. The Balaban J connectivity index is 1.32. The number of piperidine rings is 1. The third kappa shape index (κ3) is 7.29. The van der Waals surface area contributed by atoms with E-state index in [4.69, 9.17) is 9.47 Å². The fraction of sp³-hybridized carbons (Fsp3) is 0.346. The minimum Gasteiger partial charge on any atom is -0.492 e. The molecule has 1 fully saturated rings. The number of aromatic nitrogens is 2. The number of rotatable bonds is 10. The first kappa shape index (κ1) is 22.7. The van der Waals surface area contributed by atoms with Crippen molar-refractivity contribution in [3.8, 4) is 11.5 Å². The second-order valence-electron chi connectivity index (χ2n) is 8.30. The number of hydrogen-bond acceptors (Lipinski definition) is 6. The third-order valence-electron chi connectivity index (χ3n) is 5.67. The lowest BCUT2D eigenvalue weighted by Gasteiger charge is -2.37. The molecule has 3 heterocycles. The van der Waals surface area contributed by atoms with Crippen LogP contribution in [0.15, 0.2) is 79.4 Å². The van der Waals surface area contributed by atoms with E-state index in [-0.39, 0.29) is 17.7 Å². The van der Waals surface area contributed by atoms with Gasteiger partial charge in [0.1, 0.15) is 18.1 Å². The first-order valence-electron chi connectivity index (χ1n) is 11.4. The van der Waals surface area contributed by atoms with Crippen LogP contribution in [-0.4, -0.2) is 53.6 Å². The van der Waals surface area contributed by atoms with E-state index >= 15 is 0 Å². The largest absolute Gasteiger partial charge is 0.492 e. The number of nitrogens with one attached hydrogen (secondary N) is 1. The molecule has 0 unspecified atom stereocenters. The normalized spacial score (nSPS) is 18.4. The van der Waals surface area contributed by atoms with E-state index < -0.39 is 0 Å². The topological polar surface area (TPSA) is 76.6 Å². The Labute approximate surface area is 194 Å². The summed E-state index contributed by atoms with van der Waals surface area (Å²) in [4.78, 5) is 23.5. The average molecular weight is 447 g/mol. The van der Waals surface area contributed by atoms with Gasteiger partial charge in [-0.15, -0.1) is 0 Å². The van der Waals surface area contributed by atoms with Crippen LogP contribution >= 0.6 is 0 Å². The number of carbonyl (C=O) groups is 1. The molecule has 33 heavy (non-hydrogen) atoms. The summed E-state index contributed by atoms with van der Waals surface area (Å²) >= 11 is 0. The molecule has 3 aromatic rings. The van der Waals surface area contributed by atoms with Gasteiger partial charge in [0.2, 0.25) is 5.91 Å². The quantitative estimate of drug-likeness (QED) is 0.482. The van der Waals surface area contributed by atoms with Gasteiger partial charge in [0.15, 0.2) is 0 Å². The number of carbonyl (C=O) groups excluding carboxylic acids is 1. The number of ether oxygens (including phenoxy) is 2. The Morgan fingerprint density at radius 1 is 0.939 bits per heavy atom. The summed E-state index contributed by atoms with van der Waals surface area (Å²) in [5.41, 5.74) is 1.19. The van der Waals surface area contributed by atoms with Crippen molar-refractivity contribution in [3.63, 3.8) is 0 Å². The highest BCUT2D eigenvalue weighted by atomic mass is 16.5. The van der Waals surface area contributed by atoms with Gasteiger partial charge in [-0.25, -0.2) is 0 Å². The Kier molecular flexibility index (Phi) is 8.25. The number of para-hydroxylation sites is 1. The zero-order chi connectivity index (χ0) is 22.7. The lowest BCUT2D eigenvalue weighted by molar-refractivity contribution is -0.127. The molecule has 0 radical (unpaired) electrons. The van der Waals surface area contributed by atoms with E-state index in [0.29, 0.717) is 19.8 Å². The molecular weight excluding hydrogens is 416 g/mol. The predicted octanol–water partition coefficient (Wildman–Crippen LogP) is 3.19. The Hall–Kier alpha value is -3.45. The van der Waals surface area contributed by atoms with Gasteiger partial charge in [-0.2, -0.15) is 0 Å². The van der Waals surface area contributed by atoms with Crippen LogP contribution in [0, 0.1) is 11.8 Å². The van der Waals surface area contributed by atoms with Crippen molar-refractivity contribution in [2.45, 2.75) is 13.0 Å². The maximum Gasteiger partial charge on any atom is 0.224 e. The van der Waals surface area contributed by atoms with Gasteiger partial charge in [0.05, 0.1) is 25.3 Å². The predicted molar refractivity (Wildman–Crippen MR) is 126 cm³/mol. The lowest BCUT2D eigenvalue weighted by atomic mass is 9.88. The van der Waals surface area contributed by atoms with Crippen LogP contribution in [0.25, 0.3) is 0 Å². The number of benzene rings is 1. The zero-order valence-corrected chi connectivity index (χ0v) is 18.7. The van der Waals surface area contributed by atoms with E-state index in [1.807, 2.05) is 54.6 Å². The molecule has 1 saturated heterocycles. The van der Waals surface area contributed by atoms with Crippen LogP contribution in [0.3, 0.4) is 0 Å². The minimum atomic E-state index is -0.0974. The lowest BCUT2D eigenvalue weighted by Crippen LogP contribution is -2.47. The molecule has 1 amide bonds. The molecule has 1 aromatic carbocycles. The van der Waals surface area contributed by atoms with Gasteiger partial charge >= 0.3 is 0 Å². The third-order valence-corrected chi connectivity index (χ3v) is 5.67. The van der Waals surface area contributed by atoms with Crippen molar-refractivity contribution in [1.29, 1.82) is 0 Å². The average Bonchev–Trinajstić information content (AvgIpc) is 2.87. The van der Waals surface area contributed by atoms with Crippen LogP contribution in [0.2, 0.25) is 0 Å². The van der Waals surface area contributed by atoms with Crippen LogP contribution in [0.1, 0.15) is 12.0 Å². The summed E-state index contributed by atoms with van der Waals surface area (Å²) in [5, 5.41) is 3.05. The molecule has 1 aliphatic rings. The SMILES string of the molecule is O=C(NCCOc1ccccc1)[C@@H]1C[C@H](COc2cccnc2)CN(Cc2ccncc2)C1. The smallest absolute Gasteiger partial charge is 0.224 e. The Morgan fingerprint density at radius 3 is 2.55 bits per heavy atom. The van der Waals surface area contributed by atoms with E-state index in [2.05, 4.69) is 20.2 Å². The standard InChI is InChI=1S/C26H30N4O3/c31-26(29-13-14-32-24-5-2-1-3-6-24)23-15-22(20-33-25-7-4-10-28-16-25)18-30(19-23)17-21-8-11-27-12-9-21/h1-12,16,22-23H,13-15,17-20H2,(H,29,31)/t22-,23+/m0/s1. The summed E-state index contributed by atoms with van der Waals surface area (Å²) in [5.74, 6) is 1.78. The van der Waals surface area contributed by atoms with Gasteiger partial charge in [-0.3, -0.25) is 19.7 Å². The molecule has 2 atom stereocenters. The fourth-order valence-electron chi connectivity index (χ4n) is 4.14. The van der Waals surface area contributed by atoms with E-state index in [9.17, 15) is 4.79 Å². The second-order valence-corrected chi connectivity index (χ2v) is 8.30. The van der Waals surface area contributed by atoms with Crippen molar-refractivity contribution in [2.24, 2.45) is 11.8 Å². The number of nitrogens with zero attached hydrogens (tertiary/aromatic N) is 3. The highest BCUT2D eigenvalue weighted by molar-refractivity contribution is 5.79. The zero-order valence-electron chi connectivity index (χ0n) is 18.7. The number of likely N-dealkylation sites (tertiary alicyclic amines) is 1. The van der Waals surface area contributed by atoms with Crippen LogP contribution in [0.5, 0.6) is 11.5 Å². The van der Waals surface area contributed by atoms with Crippen molar-refractivity contribution in [2.75, 3.05) is 32.8 Å². The highest BCUT2D eigenvalue weighted by Crippen LogP contribution is 2.25. The van der Waals surface area contributed by atoms with Gasteiger partial charge in [-0.1, -0.05) is 18.2 Å². The Bertz CT molecular complexity index is 973. The van der Waals surface area contributed by atoms with Gasteiger partial charge in [0, 0.05) is 44.1 Å². The summed E-state index contributed by atoms with van der Waals surface area (Å²) in [6, 6.07) is 17.4. The molecule has 2 aromatic heterocycles. The summed E-state index contributed by atoms with van der Waals surface area (Å²) in [6.45, 7) is 3.86. The van der Waals surface area contributed by atoms with Crippen molar-refractivity contribution < 1.29 is 14.3 Å². The second kappa shape index (κ2) is 12.0. The van der Waals surface area contributed by atoms with Gasteiger partial charge in [-0.05, 0) is 48.4 Å². The molecule has 7 nitrogen and oxygen atoms in total. The molecule has 1 aliphatic heterocycles. The molecular formula is C26H30N4O3. The summed E-state index contributed by atoms with van der Waals surface area (Å²) < 4.78 is 11.7. The van der Waals surface area contributed by atoms with E-state index in [1.54, 1.807) is 24.8 Å². The number of amides is 1. The monoisotopic (exact) mass is 446 g/mol. The number of pyridine rings is 2. The molecule has 1 N–H and O–H groups in total. The van der Waals surface area contributed by atoms with Crippen LogP contribution < -0.4 is 14.8 Å². The van der Waals surface area contributed by atoms with E-state index in [1.165, 1.54) is 5.56 Å².